The van der Waals surface area contributed by atoms with Crippen molar-refractivity contribution in [3.8, 4) is 11.8 Å². The van der Waals surface area contributed by atoms with Gasteiger partial charge in [-0.1, -0.05) is 5.92 Å². The monoisotopic (exact) mass is 371 g/mol. The van der Waals surface area contributed by atoms with Gasteiger partial charge in [0, 0.05) is 44.2 Å². The molecule has 2 atom stereocenters. The van der Waals surface area contributed by atoms with E-state index in [0.29, 0.717) is 6.42 Å². The number of carbonyl (C=O) groups excluding carboxylic acids is 2. The van der Waals surface area contributed by atoms with E-state index in [0.717, 1.165) is 58.2 Å². The van der Waals surface area contributed by atoms with Crippen molar-refractivity contribution in [2.75, 3.05) is 26.2 Å². The van der Waals surface area contributed by atoms with Gasteiger partial charge in [-0.3, -0.25) is 9.69 Å². The van der Waals surface area contributed by atoms with Crippen molar-refractivity contribution in [3.63, 3.8) is 0 Å². The van der Waals surface area contributed by atoms with Crippen LogP contribution in [0.15, 0.2) is 11.8 Å². The van der Waals surface area contributed by atoms with Gasteiger partial charge < -0.3 is 15.0 Å². The zero-order valence-electron chi connectivity index (χ0n) is 16.1. The van der Waals surface area contributed by atoms with E-state index in [1.54, 1.807) is 6.92 Å². The maximum atomic E-state index is 12.5. The first kappa shape index (κ1) is 18.2. The molecule has 0 saturated carbocycles. The summed E-state index contributed by atoms with van der Waals surface area (Å²) in [4.78, 5) is 28.6. The highest BCUT2D eigenvalue weighted by molar-refractivity contribution is 5.79. The van der Waals surface area contributed by atoms with Crippen molar-refractivity contribution in [2.45, 2.75) is 64.0 Å². The van der Waals surface area contributed by atoms with Crippen molar-refractivity contribution in [1.82, 2.24) is 15.1 Å². The van der Waals surface area contributed by atoms with Gasteiger partial charge in [0.05, 0.1) is 6.04 Å². The second-order valence-corrected chi connectivity index (χ2v) is 8.34. The Hall–Kier alpha value is -2.16. The molecule has 1 N–H and O–H groups in total. The van der Waals surface area contributed by atoms with Crippen LogP contribution in [0.25, 0.3) is 0 Å². The summed E-state index contributed by atoms with van der Waals surface area (Å²) in [6.45, 7) is 4.78. The van der Waals surface area contributed by atoms with Gasteiger partial charge in [-0.05, 0) is 50.5 Å². The van der Waals surface area contributed by atoms with Crippen molar-refractivity contribution in [2.24, 2.45) is 5.41 Å². The molecule has 0 aromatic rings. The van der Waals surface area contributed by atoms with Gasteiger partial charge in [-0.25, -0.2) is 4.79 Å². The molecule has 0 aromatic carbocycles. The lowest BCUT2D eigenvalue weighted by Crippen LogP contribution is -2.54. The SMILES string of the molecule is CC#CCOC(=O)N1C2C=C(N3CCC4(CC3)CNC(=O)C4)CC1CCC2. The summed E-state index contributed by atoms with van der Waals surface area (Å²) in [6.07, 6.45) is 9.01. The summed E-state index contributed by atoms with van der Waals surface area (Å²) >= 11 is 0. The molecule has 4 rings (SSSR count). The molecule has 4 aliphatic rings. The first-order valence-corrected chi connectivity index (χ1v) is 10.2. The minimum Gasteiger partial charge on any atom is -0.436 e. The van der Waals surface area contributed by atoms with Gasteiger partial charge in [0.1, 0.15) is 0 Å². The number of carbonyl (C=O) groups is 2. The molecule has 27 heavy (non-hydrogen) atoms. The molecule has 146 valence electrons. The lowest BCUT2D eigenvalue weighted by molar-refractivity contribution is -0.119. The van der Waals surface area contributed by atoms with Gasteiger partial charge >= 0.3 is 6.09 Å². The van der Waals surface area contributed by atoms with Gasteiger partial charge in [0.15, 0.2) is 6.61 Å². The van der Waals surface area contributed by atoms with Crippen molar-refractivity contribution in [3.05, 3.63) is 11.8 Å². The third kappa shape index (κ3) is 3.65. The summed E-state index contributed by atoms with van der Waals surface area (Å²) in [7, 11) is 0. The van der Waals surface area contributed by atoms with Crippen LogP contribution < -0.4 is 5.32 Å². The fraction of sp³-hybridized carbons (Fsp3) is 0.714. The average molecular weight is 371 g/mol. The number of fused-ring (bicyclic) bond motifs is 2. The molecule has 4 aliphatic heterocycles. The molecule has 0 radical (unpaired) electrons. The molecule has 2 amide bonds. The smallest absolute Gasteiger partial charge is 0.411 e. The Morgan fingerprint density at radius 1 is 1.37 bits per heavy atom. The van der Waals surface area contributed by atoms with Gasteiger partial charge in [-0.2, -0.15) is 0 Å². The number of ether oxygens (including phenoxy) is 1. The number of likely N-dealkylation sites (tertiary alicyclic amines) is 1. The lowest BCUT2D eigenvalue weighted by atomic mass is 9.77. The highest BCUT2D eigenvalue weighted by Crippen LogP contribution is 2.41. The van der Waals surface area contributed by atoms with Crippen LogP contribution >= 0.6 is 0 Å². The van der Waals surface area contributed by atoms with Crippen LogP contribution in [0, 0.1) is 17.3 Å². The van der Waals surface area contributed by atoms with Crippen LogP contribution in [-0.2, 0) is 9.53 Å². The van der Waals surface area contributed by atoms with Crippen LogP contribution in [0.3, 0.4) is 0 Å². The number of nitrogens with one attached hydrogen (secondary N) is 1. The van der Waals surface area contributed by atoms with Crippen LogP contribution in [0.1, 0.15) is 51.9 Å². The summed E-state index contributed by atoms with van der Waals surface area (Å²) in [5.41, 5.74) is 1.56. The van der Waals surface area contributed by atoms with Crippen LogP contribution in [-0.4, -0.2) is 60.1 Å². The molecular weight excluding hydrogens is 342 g/mol. The van der Waals surface area contributed by atoms with E-state index < -0.39 is 0 Å². The lowest BCUT2D eigenvalue weighted by Gasteiger charge is -2.48. The predicted molar refractivity (Wildman–Crippen MR) is 102 cm³/mol. The molecule has 3 saturated heterocycles. The molecule has 1 spiro atoms. The van der Waals surface area contributed by atoms with E-state index in [1.807, 2.05) is 4.90 Å². The van der Waals surface area contributed by atoms with E-state index in [1.165, 1.54) is 5.70 Å². The van der Waals surface area contributed by atoms with Crippen LogP contribution in [0.5, 0.6) is 0 Å². The molecule has 0 aromatic heterocycles. The van der Waals surface area contributed by atoms with Crippen molar-refractivity contribution in [1.29, 1.82) is 0 Å². The van der Waals surface area contributed by atoms with Gasteiger partial charge in [0.2, 0.25) is 5.91 Å². The Kier molecular flexibility index (Phi) is 5.03. The molecule has 2 bridgehead atoms. The molecular formula is C21H29N3O3. The molecule has 3 fully saturated rings. The predicted octanol–water partition coefficient (Wildman–Crippen LogP) is 2.26. The first-order valence-electron chi connectivity index (χ1n) is 10.2. The summed E-state index contributed by atoms with van der Waals surface area (Å²) in [5.74, 6) is 5.76. The Morgan fingerprint density at radius 2 is 2.19 bits per heavy atom. The number of hydrogen-bond acceptors (Lipinski definition) is 4. The second kappa shape index (κ2) is 7.46. The number of piperidine rings is 2. The minimum absolute atomic E-state index is 0.139. The maximum Gasteiger partial charge on any atom is 0.411 e. The molecule has 4 heterocycles. The molecule has 0 aliphatic carbocycles. The first-order chi connectivity index (χ1) is 13.1. The highest BCUT2D eigenvalue weighted by Gasteiger charge is 2.43. The summed E-state index contributed by atoms with van der Waals surface area (Å²) < 4.78 is 5.34. The number of rotatable bonds is 2. The molecule has 6 nitrogen and oxygen atoms in total. The van der Waals surface area contributed by atoms with E-state index in [2.05, 4.69) is 28.1 Å². The van der Waals surface area contributed by atoms with Gasteiger partial charge in [0.25, 0.3) is 0 Å². The summed E-state index contributed by atoms with van der Waals surface area (Å²) in [5, 5.41) is 3.01. The Labute approximate surface area is 161 Å². The van der Waals surface area contributed by atoms with E-state index in [4.69, 9.17) is 4.74 Å². The third-order valence-corrected chi connectivity index (χ3v) is 6.70. The summed E-state index contributed by atoms with van der Waals surface area (Å²) in [6, 6.07) is 0.372. The van der Waals surface area contributed by atoms with E-state index in [9.17, 15) is 9.59 Å². The largest absolute Gasteiger partial charge is 0.436 e. The number of nitrogens with zero attached hydrogens (tertiary/aromatic N) is 2. The number of hydrogen-bond donors (Lipinski definition) is 1. The van der Waals surface area contributed by atoms with Crippen LogP contribution in [0.2, 0.25) is 0 Å². The quantitative estimate of drug-likeness (QED) is 0.757. The normalized spacial score (nSPS) is 28.9. The topological polar surface area (TPSA) is 61.9 Å². The fourth-order valence-electron chi connectivity index (χ4n) is 5.14. The number of amides is 2. The minimum atomic E-state index is -0.226. The highest BCUT2D eigenvalue weighted by atomic mass is 16.6. The van der Waals surface area contributed by atoms with Crippen molar-refractivity contribution >= 4 is 12.0 Å². The zero-order chi connectivity index (χ0) is 18.9. The Bertz CT molecular complexity index is 697. The fourth-order valence-corrected chi connectivity index (χ4v) is 5.14. The van der Waals surface area contributed by atoms with Crippen LogP contribution in [0.4, 0.5) is 4.79 Å². The maximum absolute atomic E-state index is 12.5. The molecule has 6 heteroatoms. The Balaban J connectivity index is 1.41. The van der Waals surface area contributed by atoms with E-state index >= 15 is 0 Å². The average Bonchev–Trinajstić information content (AvgIpc) is 3.01. The second-order valence-electron chi connectivity index (χ2n) is 8.34. The standard InChI is InChI=1S/C21H29N3O3/c1-2-3-11-27-20(26)24-16-5-4-6-17(24)13-18(12-16)23-9-7-21(8-10-23)14-19(25)22-15-21/h12,16-17H,4-11,13-15H2,1H3,(H,22,25). The zero-order valence-corrected chi connectivity index (χ0v) is 16.1. The van der Waals surface area contributed by atoms with Gasteiger partial charge in [-0.15, -0.1) is 5.92 Å². The molecule has 2 unspecified atom stereocenters. The third-order valence-electron chi connectivity index (χ3n) is 6.70. The van der Waals surface area contributed by atoms with E-state index in [-0.39, 0.29) is 36.1 Å². The Morgan fingerprint density at radius 3 is 2.85 bits per heavy atom. The van der Waals surface area contributed by atoms with Crippen molar-refractivity contribution < 1.29 is 14.3 Å².